The molecular formula is C13H10ClN3O3S. The summed E-state index contributed by atoms with van der Waals surface area (Å²) in [5.41, 5.74) is 0.938. The third-order valence-corrected chi connectivity index (χ3v) is 2.98. The van der Waals surface area contributed by atoms with Gasteiger partial charge in [-0.15, -0.1) is 0 Å². The molecule has 2 aromatic carbocycles. The summed E-state index contributed by atoms with van der Waals surface area (Å²) < 4.78 is 0. The number of hydrogen-bond donors (Lipinski definition) is 3. The fraction of sp³-hybridized carbons (Fsp3) is 0. The maximum absolute atomic E-state index is 10.6. The molecule has 0 fully saturated rings. The first-order valence-corrected chi connectivity index (χ1v) is 6.55. The number of hydrogen-bond acceptors (Lipinski definition) is 4. The molecule has 0 amide bonds. The molecule has 0 aliphatic rings. The highest BCUT2D eigenvalue weighted by atomic mass is 35.5. The fourth-order valence-corrected chi connectivity index (χ4v) is 1.96. The number of nitro benzene ring substituents is 1. The van der Waals surface area contributed by atoms with Crippen LogP contribution in [-0.2, 0) is 0 Å². The van der Waals surface area contributed by atoms with E-state index in [0.717, 1.165) is 0 Å². The standard InChI is InChI=1S/C13H10ClN3O3S/c14-8-1-6-12(18)11(7-8)16-13(21)15-9-2-4-10(5-3-9)17(19)20/h1-7,18H,(H2,15,16,21). The minimum Gasteiger partial charge on any atom is -0.506 e. The Morgan fingerprint density at radius 2 is 1.86 bits per heavy atom. The van der Waals surface area contributed by atoms with E-state index in [0.29, 0.717) is 16.4 Å². The van der Waals surface area contributed by atoms with E-state index in [-0.39, 0.29) is 16.5 Å². The number of nitrogens with zero attached hydrogens (tertiary/aromatic N) is 1. The summed E-state index contributed by atoms with van der Waals surface area (Å²) in [5.74, 6) is 0.00671. The van der Waals surface area contributed by atoms with Gasteiger partial charge in [-0.05, 0) is 42.5 Å². The predicted octanol–water partition coefficient (Wildman–Crippen LogP) is 3.76. The highest BCUT2D eigenvalue weighted by Gasteiger charge is 2.07. The number of halogens is 1. The average Bonchev–Trinajstić information content (AvgIpc) is 2.43. The highest BCUT2D eigenvalue weighted by Crippen LogP contribution is 2.26. The number of nitrogens with one attached hydrogen (secondary N) is 2. The third kappa shape index (κ3) is 4.04. The number of aromatic hydroxyl groups is 1. The van der Waals surface area contributed by atoms with Crippen LogP contribution in [0, 0.1) is 10.1 Å². The number of phenols is 1. The SMILES string of the molecule is O=[N+]([O-])c1ccc(NC(=S)Nc2cc(Cl)ccc2O)cc1. The second kappa shape index (κ2) is 6.38. The van der Waals surface area contributed by atoms with E-state index in [2.05, 4.69) is 10.6 Å². The van der Waals surface area contributed by atoms with E-state index < -0.39 is 4.92 Å². The molecule has 2 rings (SSSR count). The van der Waals surface area contributed by atoms with Crippen molar-refractivity contribution >= 4 is 46.0 Å². The summed E-state index contributed by atoms with van der Waals surface area (Å²) in [5, 5.41) is 26.5. The molecule has 0 bridgehead atoms. The van der Waals surface area contributed by atoms with Crippen LogP contribution in [0.15, 0.2) is 42.5 Å². The zero-order chi connectivity index (χ0) is 15.4. The molecule has 0 heterocycles. The third-order valence-electron chi connectivity index (χ3n) is 2.54. The first-order chi connectivity index (χ1) is 9.95. The normalized spacial score (nSPS) is 9.95. The lowest BCUT2D eigenvalue weighted by Gasteiger charge is -2.11. The van der Waals surface area contributed by atoms with E-state index in [1.54, 1.807) is 6.07 Å². The number of phenolic OH excluding ortho intramolecular Hbond substituents is 1. The largest absolute Gasteiger partial charge is 0.506 e. The zero-order valence-corrected chi connectivity index (χ0v) is 12.1. The molecule has 0 aliphatic heterocycles. The van der Waals surface area contributed by atoms with Crippen molar-refractivity contribution in [1.29, 1.82) is 0 Å². The number of rotatable bonds is 3. The van der Waals surface area contributed by atoms with Crippen LogP contribution >= 0.6 is 23.8 Å². The Balaban J connectivity index is 2.04. The summed E-state index contributed by atoms with van der Waals surface area (Å²) in [7, 11) is 0. The van der Waals surface area contributed by atoms with Crippen molar-refractivity contribution in [3.8, 4) is 5.75 Å². The van der Waals surface area contributed by atoms with E-state index in [1.165, 1.54) is 36.4 Å². The van der Waals surface area contributed by atoms with Crippen LogP contribution < -0.4 is 10.6 Å². The maximum Gasteiger partial charge on any atom is 0.269 e. The van der Waals surface area contributed by atoms with Gasteiger partial charge in [-0.1, -0.05) is 11.6 Å². The van der Waals surface area contributed by atoms with Gasteiger partial charge in [0.05, 0.1) is 10.6 Å². The van der Waals surface area contributed by atoms with Gasteiger partial charge in [-0.25, -0.2) is 0 Å². The van der Waals surface area contributed by atoms with Crippen molar-refractivity contribution in [2.24, 2.45) is 0 Å². The van der Waals surface area contributed by atoms with Gasteiger partial charge >= 0.3 is 0 Å². The predicted molar refractivity (Wildman–Crippen MR) is 86.1 cm³/mol. The lowest BCUT2D eigenvalue weighted by atomic mass is 10.3. The van der Waals surface area contributed by atoms with E-state index in [9.17, 15) is 15.2 Å². The van der Waals surface area contributed by atoms with Crippen molar-refractivity contribution in [2.75, 3.05) is 10.6 Å². The maximum atomic E-state index is 10.6. The average molecular weight is 324 g/mol. The molecule has 0 saturated carbocycles. The van der Waals surface area contributed by atoms with Gasteiger partial charge in [-0.3, -0.25) is 10.1 Å². The highest BCUT2D eigenvalue weighted by molar-refractivity contribution is 7.80. The lowest BCUT2D eigenvalue weighted by molar-refractivity contribution is -0.384. The number of benzene rings is 2. The molecule has 21 heavy (non-hydrogen) atoms. The van der Waals surface area contributed by atoms with E-state index in [4.69, 9.17) is 23.8 Å². The Bertz CT molecular complexity index is 692. The molecule has 0 aliphatic carbocycles. The number of thiocarbonyl (C=S) groups is 1. The lowest BCUT2D eigenvalue weighted by Crippen LogP contribution is -2.19. The van der Waals surface area contributed by atoms with Crippen LogP contribution in [0.2, 0.25) is 5.02 Å². The Morgan fingerprint density at radius 3 is 2.48 bits per heavy atom. The molecule has 0 saturated heterocycles. The van der Waals surface area contributed by atoms with Crippen LogP contribution in [0.5, 0.6) is 5.75 Å². The summed E-state index contributed by atoms with van der Waals surface area (Å²) in [6.07, 6.45) is 0. The molecule has 8 heteroatoms. The van der Waals surface area contributed by atoms with Crippen molar-refractivity contribution in [1.82, 2.24) is 0 Å². The Labute approximate surface area is 130 Å². The smallest absolute Gasteiger partial charge is 0.269 e. The first-order valence-electron chi connectivity index (χ1n) is 5.76. The first kappa shape index (κ1) is 15.0. The topological polar surface area (TPSA) is 87.4 Å². The molecule has 108 valence electrons. The van der Waals surface area contributed by atoms with Gasteiger partial charge in [0.2, 0.25) is 0 Å². The Hall–Kier alpha value is -2.38. The summed E-state index contributed by atoms with van der Waals surface area (Å²) in [4.78, 5) is 10.1. The molecule has 0 aromatic heterocycles. The molecule has 2 aromatic rings. The van der Waals surface area contributed by atoms with Crippen LogP contribution in [0.25, 0.3) is 0 Å². The molecule has 3 N–H and O–H groups in total. The van der Waals surface area contributed by atoms with Crippen molar-refractivity contribution in [3.63, 3.8) is 0 Å². The molecule has 6 nitrogen and oxygen atoms in total. The second-order valence-electron chi connectivity index (χ2n) is 4.04. The van der Waals surface area contributed by atoms with Crippen molar-refractivity contribution in [2.45, 2.75) is 0 Å². The molecule has 0 spiro atoms. The van der Waals surface area contributed by atoms with Crippen molar-refractivity contribution < 1.29 is 10.0 Å². The van der Waals surface area contributed by atoms with Gasteiger partial charge in [0.25, 0.3) is 5.69 Å². The molecular weight excluding hydrogens is 314 g/mol. The van der Waals surface area contributed by atoms with Crippen LogP contribution in [0.4, 0.5) is 17.1 Å². The minimum atomic E-state index is -0.482. The van der Waals surface area contributed by atoms with Gasteiger partial charge in [0.1, 0.15) is 5.75 Å². The van der Waals surface area contributed by atoms with Gasteiger partial charge in [0, 0.05) is 22.8 Å². The van der Waals surface area contributed by atoms with E-state index in [1.807, 2.05) is 0 Å². The van der Waals surface area contributed by atoms with Gasteiger partial charge in [-0.2, -0.15) is 0 Å². The monoisotopic (exact) mass is 323 g/mol. The van der Waals surface area contributed by atoms with E-state index >= 15 is 0 Å². The quantitative estimate of drug-likeness (QED) is 0.345. The Morgan fingerprint density at radius 1 is 1.19 bits per heavy atom. The second-order valence-corrected chi connectivity index (χ2v) is 4.89. The minimum absolute atomic E-state index is 0.00671. The number of anilines is 2. The molecule has 0 radical (unpaired) electrons. The Kier molecular flexibility index (Phi) is 4.56. The van der Waals surface area contributed by atoms with Crippen LogP contribution in [0.3, 0.4) is 0 Å². The summed E-state index contributed by atoms with van der Waals surface area (Å²) in [6.45, 7) is 0. The van der Waals surface area contributed by atoms with Crippen LogP contribution in [-0.4, -0.2) is 15.1 Å². The fourth-order valence-electron chi connectivity index (χ4n) is 1.56. The van der Waals surface area contributed by atoms with Gasteiger partial charge < -0.3 is 15.7 Å². The number of non-ortho nitro benzene ring substituents is 1. The molecule has 0 atom stereocenters. The zero-order valence-electron chi connectivity index (χ0n) is 10.5. The van der Waals surface area contributed by atoms with Crippen LogP contribution in [0.1, 0.15) is 0 Å². The van der Waals surface area contributed by atoms with Gasteiger partial charge in [0.15, 0.2) is 5.11 Å². The van der Waals surface area contributed by atoms with Crippen molar-refractivity contribution in [3.05, 3.63) is 57.6 Å². The molecule has 0 unspecified atom stereocenters. The number of nitro groups is 1. The summed E-state index contributed by atoms with van der Waals surface area (Å²) in [6, 6.07) is 10.3. The summed E-state index contributed by atoms with van der Waals surface area (Å²) >= 11 is 10.9.